The number of benzene rings is 1. The molecule has 2 unspecified atom stereocenters. The summed E-state index contributed by atoms with van der Waals surface area (Å²) in [6.45, 7) is 2.67. The van der Waals surface area contributed by atoms with Crippen LogP contribution in [0.1, 0.15) is 37.3 Å². The number of halogens is 1. The highest BCUT2D eigenvalue weighted by molar-refractivity contribution is 6.30. The number of ketones is 1. The van der Waals surface area contributed by atoms with Crippen LogP contribution in [0.2, 0.25) is 5.02 Å². The molecular formula is C16H20ClNO2. The number of carbonyl (C=O) groups is 1. The quantitative estimate of drug-likeness (QED) is 0.932. The van der Waals surface area contributed by atoms with Crippen LogP contribution in [0.3, 0.4) is 0 Å². The van der Waals surface area contributed by atoms with Crippen LogP contribution in [0.15, 0.2) is 12.1 Å². The number of hydrogen-bond donors (Lipinski definition) is 1. The molecule has 1 heterocycles. The van der Waals surface area contributed by atoms with Crippen LogP contribution in [-0.2, 0) is 17.6 Å². The summed E-state index contributed by atoms with van der Waals surface area (Å²) in [7, 11) is 0. The van der Waals surface area contributed by atoms with Crippen LogP contribution in [0, 0.1) is 5.41 Å². The summed E-state index contributed by atoms with van der Waals surface area (Å²) >= 11 is 6.14. The van der Waals surface area contributed by atoms with Crippen molar-refractivity contribution in [2.24, 2.45) is 11.1 Å². The van der Waals surface area contributed by atoms with E-state index in [9.17, 15) is 4.79 Å². The van der Waals surface area contributed by atoms with E-state index in [4.69, 9.17) is 22.1 Å². The Balaban J connectivity index is 1.87. The summed E-state index contributed by atoms with van der Waals surface area (Å²) in [6.07, 6.45) is 4.09. The molecule has 1 aromatic rings. The van der Waals surface area contributed by atoms with Gasteiger partial charge in [0, 0.05) is 34.9 Å². The van der Waals surface area contributed by atoms with Crippen molar-refractivity contribution in [1.29, 1.82) is 0 Å². The highest BCUT2D eigenvalue weighted by Gasteiger charge is 2.42. The summed E-state index contributed by atoms with van der Waals surface area (Å²) in [5.74, 6) is 1.07. The van der Waals surface area contributed by atoms with Crippen molar-refractivity contribution in [2.75, 3.05) is 6.61 Å². The van der Waals surface area contributed by atoms with Gasteiger partial charge in [-0.1, -0.05) is 24.9 Å². The van der Waals surface area contributed by atoms with Gasteiger partial charge in [-0.05, 0) is 30.5 Å². The van der Waals surface area contributed by atoms with Crippen molar-refractivity contribution in [1.82, 2.24) is 0 Å². The van der Waals surface area contributed by atoms with Gasteiger partial charge in [-0.15, -0.1) is 0 Å². The SMILES string of the molecule is CC1(C(=O)Cc2cc(Cl)cc3c2OCC3)CCCC1N. The molecule has 3 nitrogen and oxygen atoms in total. The fourth-order valence-corrected chi connectivity index (χ4v) is 3.66. The maximum atomic E-state index is 12.7. The van der Waals surface area contributed by atoms with Crippen molar-refractivity contribution >= 4 is 17.4 Å². The second-order valence-electron chi connectivity index (χ2n) is 6.17. The number of rotatable bonds is 3. The first kappa shape index (κ1) is 13.9. The molecule has 2 N–H and O–H groups in total. The van der Waals surface area contributed by atoms with Gasteiger partial charge in [-0.25, -0.2) is 0 Å². The third-order valence-corrected chi connectivity index (χ3v) is 5.06. The lowest BCUT2D eigenvalue weighted by Gasteiger charge is -2.27. The topological polar surface area (TPSA) is 52.3 Å². The molecule has 0 amide bonds. The molecule has 1 aliphatic carbocycles. The van der Waals surface area contributed by atoms with E-state index in [0.717, 1.165) is 42.6 Å². The molecule has 0 aromatic heterocycles. The summed E-state index contributed by atoms with van der Waals surface area (Å²) in [4.78, 5) is 12.7. The summed E-state index contributed by atoms with van der Waals surface area (Å²) in [5, 5.41) is 0.679. The number of hydrogen-bond acceptors (Lipinski definition) is 3. The molecule has 3 rings (SSSR count). The zero-order chi connectivity index (χ0) is 14.3. The Kier molecular flexibility index (Phi) is 3.51. The molecule has 0 spiro atoms. The first-order valence-electron chi connectivity index (χ1n) is 7.24. The molecule has 2 aliphatic rings. The Morgan fingerprint density at radius 1 is 1.55 bits per heavy atom. The maximum absolute atomic E-state index is 12.7. The Morgan fingerprint density at radius 3 is 3.05 bits per heavy atom. The maximum Gasteiger partial charge on any atom is 0.144 e. The number of Topliss-reactive ketones (excluding diaryl/α,β-unsaturated/α-hetero) is 1. The minimum Gasteiger partial charge on any atom is -0.493 e. The molecule has 1 fully saturated rings. The van der Waals surface area contributed by atoms with Gasteiger partial charge in [0.05, 0.1) is 6.61 Å². The molecule has 20 heavy (non-hydrogen) atoms. The fraction of sp³-hybridized carbons (Fsp3) is 0.562. The molecule has 1 saturated carbocycles. The average molecular weight is 294 g/mol. The lowest BCUT2D eigenvalue weighted by Crippen LogP contribution is -2.41. The highest BCUT2D eigenvalue weighted by atomic mass is 35.5. The minimum atomic E-state index is -0.395. The number of carbonyl (C=O) groups excluding carboxylic acids is 1. The minimum absolute atomic E-state index is 0.0249. The van der Waals surface area contributed by atoms with Crippen molar-refractivity contribution in [3.63, 3.8) is 0 Å². The van der Waals surface area contributed by atoms with Crippen LogP contribution in [-0.4, -0.2) is 18.4 Å². The monoisotopic (exact) mass is 293 g/mol. The Labute approximate surface area is 124 Å². The van der Waals surface area contributed by atoms with Gasteiger partial charge < -0.3 is 10.5 Å². The normalized spacial score (nSPS) is 28.2. The van der Waals surface area contributed by atoms with Gasteiger partial charge in [0.2, 0.25) is 0 Å². The van der Waals surface area contributed by atoms with E-state index in [1.165, 1.54) is 0 Å². The fourth-order valence-electron chi connectivity index (χ4n) is 3.39. The molecule has 0 radical (unpaired) electrons. The van der Waals surface area contributed by atoms with E-state index >= 15 is 0 Å². The van der Waals surface area contributed by atoms with E-state index in [1.807, 2.05) is 19.1 Å². The Morgan fingerprint density at radius 2 is 2.35 bits per heavy atom. The summed E-state index contributed by atoms with van der Waals surface area (Å²) < 4.78 is 5.67. The third-order valence-electron chi connectivity index (χ3n) is 4.84. The standard InChI is InChI=1S/C16H20ClNO2/c1-16(5-2-3-13(16)18)14(19)9-11-8-12(17)7-10-4-6-20-15(10)11/h7-8,13H,2-6,9,18H2,1H3. The second-order valence-corrected chi connectivity index (χ2v) is 6.60. The number of ether oxygens (including phenoxy) is 1. The van der Waals surface area contributed by atoms with Crippen LogP contribution in [0.25, 0.3) is 0 Å². The average Bonchev–Trinajstić information content (AvgIpc) is 2.98. The summed E-state index contributed by atoms with van der Waals surface area (Å²) in [6, 6.07) is 3.76. The third kappa shape index (κ3) is 2.23. The number of fused-ring (bicyclic) bond motifs is 1. The van der Waals surface area contributed by atoms with E-state index < -0.39 is 5.41 Å². The molecular weight excluding hydrogens is 274 g/mol. The first-order valence-corrected chi connectivity index (χ1v) is 7.61. The molecule has 2 atom stereocenters. The van der Waals surface area contributed by atoms with Crippen molar-refractivity contribution in [3.8, 4) is 5.75 Å². The van der Waals surface area contributed by atoms with Crippen LogP contribution < -0.4 is 10.5 Å². The lowest BCUT2D eigenvalue weighted by molar-refractivity contribution is -0.127. The van der Waals surface area contributed by atoms with Gasteiger partial charge in [-0.2, -0.15) is 0 Å². The zero-order valence-corrected chi connectivity index (χ0v) is 12.5. The van der Waals surface area contributed by atoms with Crippen molar-refractivity contribution < 1.29 is 9.53 Å². The van der Waals surface area contributed by atoms with Crippen molar-refractivity contribution in [3.05, 3.63) is 28.3 Å². The van der Waals surface area contributed by atoms with Gasteiger partial charge in [0.15, 0.2) is 0 Å². The van der Waals surface area contributed by atoms with E-state index in [2.05, 4.69) is 0 Å². The van der Waals surface area contributed by atoms with Gasteiger partial charge in [0.25, 0.3) is 0 Å². The van der Waals surface area contributed by atoms with E-state index in [-0.39, 0.29) is 11.8 Å². The molecule has 1 aromatic carbocycles. The van der Waals surface area contributed by atoms with Gasteiger partial charge >= 0.3 is 0 Å². The van der Waals surface area contributed by atoms with E-state index in [1.54, 1.807) is 0 Å². The van der Waals surface area contributed by atoms with Crippen LogP contribution >= 0.6 is 11.6 Å². The molecule has 4 heteroatoms. The van der Waals surface area contributed by atoms with Crippen LogP contribution in [0.4, 0.5) is 0 Å². The van der Waals surface area contributed by atoms with Gasteiger partial charge in [0.1, 0.15) is 11.5 Å². The zero-order valence-electron chi connectivity index (χ0n) is 11.7. The van der Waals surface area contributed by atoms with E-state index in [0.29, 0.717) is 18.1 Å². The van der Waals surface area contributed by atoms with Gasteiger partial charge in [-0.3, -0.25) is 4.79 Å². The summed E-state index contributed by atoms with van der Waals surface area (Å²) in [5.41, 5.74) is 7.76. The highest BCUT2D eigenvalue weighted by Crippen LogP contribution is 2.40. The van der Waals surface area contributed by atoms with Crippen molar-refractivity contribution in [2.45, 2.75) is 45.1 Å². The largest absolute Gasteiger partial charge is 0.493 e. The predicted molar refractivity (Wildman–Crippen MR) is 79.3 cm³/mol. The first-order chi connectivity index (χ1) is 9.50. The lowest BCUT2D eigenvalue weighted by atomic mass is 9.78. The Hall–Kier alpha value is -1.06. The molecule has 108 valence electrons. The number of nitrogens with two attached hydrogens (primary N) is 1. The second kappa shape index (κ2) is 5.05. The predicted octanol–water partition coefficient (Wildman–Crippen LogP) is 2.90. The Bertz CT molecular complexity index is 558. The molecule has 0 saturated heterocycles. The molecule has 0 bridgehead atoms. The molecule has 1 aliphatic heterocycles. The smallest absolute Gasteiger partial charge is 0.144 e. The van der Waals surface area contributed by atoms with Crippen LogP contribution in [0.5, 0.6) is 5.75 Å².